The molecule has 1 aromatic carbocycles. The zero-order chi connectivity index (χ0) is 16.4. The number of benzene rings is 1. The summed E-state index contributed by atoms with van der Waals surface area (Å²) >= 11 is 18.6. The number of pyridine rings is 1. The normalized spacial score (nSPS) is 10.5. The predicted octanol–water partition coefficient (Wildman–Crippen LogP) is 4.73. The maximum atomic E-state index is 12.4. The van der Waals surface area contributed by atoms with Crippen LogP contribution in [0.25, 0.3) is 10.1 Å². The van der Waals surface area contributed by atoms with Gasteiger partial charge in [-0.25, -0.2) is 4.98 Å². The Kier molecular flexibility index (Phi) is 4.77. The first kappa shape index (κ1) is 16.1. The first-order chi connectivity index (χ1) is 11.0. The highest BCUT2D eigenvalue weighted by Crippen LogP contribution is 2.36. The Bertz CT molecular complexity index is 896. The van der Waals surface area contributed by atoms with Crippen molar-refractivity contribution in [3.8, 4) is 0 Å². The molecular formula is C15H9Cl2N3OS2. The highest BCUT2D eigenvalue weighted by Gasteiger charge is 2.18. The minimum atomic E-state index is -0.374. The van der Waals surface area contributed by atoms with Gasteiger partial charge in [0.2, 0.25) is 0 Å². The number of halogens is 2. The average Bonchev–Trinajstić information content (AvgIpc) is 2.84. The lowest BCUT2D eigenvalue weighted by atomic mass is 10.2. The number of carbonyl (C=O) groups is 1. The summed E-state index contributed by atoms with van der Waals surface area (Å²) in [5, 5.41) is 7.35. The quantitative estimate of drug-likeness (QED) is 0.630. The van der Waals surface area contributed by atoms with Crippen LogP contribution in [0.3, 0.4) is 0 Å². The smallest absolute Gasteiger partial charge is 0.269 e. The molecule has 0 spiro atoms. The van der Waals surface area contributed by atoms with E-state index in [0.717, 1.165) is 10.1 Å². The van der Waals surface area contributed by atoms with Crippen molar-refractivity contribution >= 4 is 73.7 Å². The number of rotatable bonds is 2. The molecule has 23 heavy (non-hydrogen) atoms. The van der Waals surface area contributed by atoms with E-state index in [1.807, 2.05) is 6.07 Å². The highest BCUT2D eigenvalue weighted by molar-refractivity contribution is 7.80. The number of aromatic nitrogens is 1. The molecule has 1 amide bonds. The number of amides is 1. The molecule has 0 unspecified atom stereocenters. The number of thiocarbonyl (C=S) groups is 1. The number of anilines is 1. The number of carbonyl (C=O) groups excluding carboxylic acids is 1. The minimum absolute atomic E-state index is 0.153. The maximum absolute atomic E-state index is 12.4. The molecule has 2 aromatic heterocycles. The molecule has 116 valence electrons. The molecule has 0 aliphatic carbocycles. The third-order valence-electron chi connectivity index (χ3n) is 2.93. The van der Waals surface area contributed by atoms with Gasteiger partial charge in [0.15, 0.2) is 5.11 Å². The van der Waals surface area contributed by atoms with E-state index in [1.54, 1.807) is 36.5 Å². The molecule has 0 radical (unpaired) electrons. The van der Waals surface area contributed by atoms with Crippen LogP contribution >= 0.6 is 46.8 Å². The molecule has 0 aliphatic heterocycles. The van der Waals surface area contributed by atoms with E-state index in [2.05, 4.69) is 15.6 Å². The molecular weight excluding hydrogens is 373 g/mol. The average molecular weight is 382 g/mol. The predicted molar refractivity (Wildman–Crippen MR) is 99.8 cm³/mol. The van der Waals surface area contributed by atoms with Gasteiger partial charge in [-0.2, -0.15) is 0 Å². The Morgan fingerprint density at radius 3 is 2.78 bits per heavy atom. The van der Waals surface area contributed by atoms with Gasteiger partial charge in [0, 0.05) is 21.3 Å². The fourth-order valence-corrected chi connectivity index (χ4v) is 3.81. The van der Waals surface area contributed by atoms with Crippen LogP contribution in [-0.4, -0.2) is 16.0 Å². The van der Waals surface area contributed by atoms with E-state index in [-0.39, 0.29) is 11.0 Å². The molecule has 3 rings (SSSR count). The lowest BCUT2D eigenvalue weighted by Crippen LogP contribution is -2.34. The first-order valence-corrected chi connectivity index (χ1v) is 8.43. The Morgan fingerprint density at radius 2 is 2.04 bits per heavy atom. The lowest BCUT2D eigenvalue weighted by Gasteiger charge is -2.07. The Hall–Kier alpha value is -1.73. The van der Waals surface area contributed by atoms with E-state index in [0.29, 0.717) is 20.7 Å². The topological polar surface area (TPSA) is 54.0 Å². The van der Waals surface area contributed by atoms with E-state index in [1.165, 1.54) is 11.3 Å². The Balaban J connectivity index is 1.78. The van der Waals surface area contributed by atoms with Crippen molar-refractivity contribution in [3.05, 3.63) is 57.5 Å². The van der Waals surface area contributed by atoms with Gasteiger partial charge in [-0.1, -0.05) is 35.3 Å². The second-order valence-corrected chi connectivity index (χ2v) is 6.78. The van der Waals surface area contributed by atoms with Crippen LogP contribution in [0.4, 0.5) is 5.82 Å². The third kappa shape index (κ3) is 3.61. The summed E-state index contributed by atoms with van der Waals surface area (Å²) in [6.45, 7) is 0. The van der Waals surface area contributed by atoms with Crippen LogP contribution in [0, 0.1) is 0 Å². The van der Waals surface area contributed by atoms with Crippen LogP contribution in [0.1, 0.15) is 9.67 Å². The highest BCUT2D eigenvalue weighted by atomic mass is 35.5. The number of nitrogens with one attached hydrogen (secondary N) is 2. The summed E-state index contributed by atoms with van der Waals surface area (Å²) in [4.78, 5) is 16.8. The Morgan fingerprint density at radius 1 is 1.22 bits per heavy atom. The first-order valence-electron chi connectivity index (χ1n) is 6.45. The summed E-state index contributed by atoms with van der Waals surface area (Å²) in [6, 6.07) is 10.6. The SMILES string of the molecule is O=C(NC(=S)Nc1ccccn1)c1sc2cc(Cl)ccc2c1Cl. The molecule has 4 nitrogen and oxygen atoms in total. The summed E-state index contributed by atoms with van der Waals surface area (Å²) in [5.41, 5.74) is 0. The number of thiophene rings is 1. The molecule has 8 heteroatoms. The molecule has 0 aliphatic rings. The van der Waals surface area contributed by atoms with Crippen molar-refractivity contribution < 1.29 is 4.79 Å². The molecule has 0 saturated heterocycles. The number of nitrogens with zero attached hydrogens (tertiary/aromatic N) is 1. The van der Waals surface area contributed by atoms with Gasteiger partial charge in [0.25, 0.3) is 5.91 Å². The van der Waals surface area contributed by atoms with Gasteiger partial charge in [0.05, 0.1) is 5.02 Å². The second-order valence-electron chi connectivity index (χ2n) is 4.51. The third-order valence-corrected chi connectivity index (χ3v) is 5.03. The van der Waals surface area contributed by atoms with Crippen LogP contribution in [0.2, 0.25) is 10.0 Å². The van der Waals surface area contributed by atoms with Gasteiger partial charge in [-0.15, -0.1) is 11.3 Å². The molecule has 0 fully saturated rings. The van der Waals surface area contributed by atoms with Gasteiger partial charge in [-0.05, 0) is 36.5 Å². The molecule has 0 atom stereocenters. The largest absolute Gasteiger partial charge is 0.317 e. The molecule has 3 aromatic rings. The van der Waals surface area contributed by atoms with Gasteiger partial charge in [-0.3, -0.25) is 10.1 Å². The fourth-order valence-electron chi connectivity index (χ4n) is 1.93. The van der Waals surface area contributed by atoms with Crippen molar-refractivity contribution in [1.29, 1.82) is 0 Å². The summed E-state index contributed by atoms with van der Waals surface area (Å²) in [5.74, 6) is 0.174. The van der Waals surface area contributed by atoms with E-state index >= 15 is 0 Å². The van der Waals surface area contributed by atoms with Crippen molar-refractivity contribution in [2.45, 2.75) is 0 Å². The van der Waals surface area contributed by atoms with Gasteiger partial charge < -0.3 is 5.32 Å². The summed E-state index contributed by atoms with van der Waals surface area (Å²) in [7, 11) is 0. The zero-order valence-corrected chi connectivity index (χ0v) is 14.6. The van der Waals surface area contributed by atoms with Crippen molar-refractivity contribution in [1.82, 2.24) is 10.3 Å². The van der Waals surface area contributed by atoms with Crippen molar-refractivity contribution in [2.24, 2.45) is 0 Å². The van der Waals surface area contributed by atoms with Crippen LogP contribution in [0.5, 0.6) is 0 Å². The lowest BCUT2D eigenvalue weighted by molar-refractivity contribution is 0.0982. The van der Waals surface area contributed by atoms with E-state index in [9.17, 15) is 4.79 Å². The second kappa shape index (κ2) is 6.80. The van der Waals surface area contributed by atoms with Gasteiger partial charge in [0.1, 0.15) is 10.7 Å². The van der Waals surface area contributed by atoms with Crippen LogP contribution in [-0.2, 0) is 0 Å². The van der Waals surface area contributed by atoms with Crippen molar-refractivity contribution in [3.63, 3.8) is 0 Å². The number of fused-ring (bicyclic) bond motifs is 1. The molecule has 2 N–H and O–H groups in total. The number of hydrogen-bond acceptors (Lipinski definition) is 4. The minimum Gasteiger partial charge on any atom is -0.317 e. The van der Waals surface area contributed by atoms with Crippen LogP contribution < -0.4 is 10.6 Å². The van der Waals surface area contributed by atoms with E-state index in [4.69, 9.17) is 35.4 Å². The van der Waals surface area contributed by atoms with Crippen LogP contribution in [0.15, 0.2) is 42.6 Å². The fraction of sp³-hybridized carbons (Fsp3) is 0. The van der Waals surface area contributed by atoms with Gasteiger partial charge >= 0.3 is 0 Å². The van der Waals surface area contributed by atoms with E-state index < -0.39 is 0 Å². The summed E-state index contributed by atoms with van der Waals surface area (Å²) < 4.78 is 0.844. The molecule has 2 heterocycles. The molecule has 0 saturated carbocycles. The number of hydrogen-bond donors (Lipinski definition) is 2. The zero-order valence-electron chi connectivity index (χ0n) is 11.5. The molecule has 0 bridgehead atoms. The summed E-state index contributed by atoms with van der Waals surface area (Å²) in [6.07, 6.45) is 1.62. The monoisotopic (exact) mass is 381 g/mol. The Labute approximate surface area is 151 Å². The van der Waals surface area contributed by atoms with Crippen molar-refractivity contribution in [2.75, 3.05) is 5.32 Å². The maximum Gasteiger partial charge on any atom is 0.269 e. The standard InChI is InChI=1S/C15H9Cl2N3OS2/c16-8-4-5-9-10(7-8)23-13(12(9)17)14(21)20-15(22)19-11-3-1-2-6-18-11/h1-7H,(H2,18,19,20,21,22).